The summed E-state index contributed by atoms with van der Waals surface area (Å²) < 4.78 is 0. The number of piperazine rings is 2. The van der Waals surface area contributed by atoms with Crippen LogP contribution in [0.3, 0.4) is 0 Å². The van der Waals surface area contributed by atoms with Crippen LogP contribution < -0.4 is 5.73 Å². The van der Waals surface area contributed by atoms with E-state index in [0.29, 0.717) is 13.1 Å². The van der Waals surface area contributed by atoms with E-state index in [1.807, 2.05) is 60.7 Å². The Morgan fingerprint density at radius 1 is 0.558 bits per heavy atom. The second kappa shape index (κ2) is 24.2. The molecule has 2 fully saturated rings. The lowest BCUT2D eigenvalue weighted by Crippen LogP contribution is -2.48. The fourth-order valence-corrected chi connectivity index (χ4v) is 6.10. The summed E-state index contributed by atoms with van der Waals surface area (Å²) in [5.41, 5.74) is 9.62. The van der Waals surface area contributed by atoms with Gasteiger partial charge in [0.2, 0.25) is 5.91 Å². The van der Waals surface area contributed by atoms with E-state index in [9.17, 15) is 9.59 Å². The Balaban J connectivity index is 0.000000195. The van der Waals surface area contributed by atoms with E-state index < -0.39 is 0 Å². The maximum Gasteiger partial charge on any atom is 0.231 e. The molecule has 11 heteroatoms. The molecule has 0 unspecified atom stereocenters. The number of carbonyl (C=O) groups excluding carboxylic acids is 2. The zero-order valence-corrected chi connectivity index (χ0v) is 31.9. The average molecular weight is 740 g/mol. The van der Waals surface area contributed by atoms with E-state index in [1.165, 1.54) is 23.6 Å². The van der Waals surface area contributed by atoms with Gasteiger partial charge in [0.1, 0.15) is 5.78 Å². The van der Waals surface area contributed by atoms with Crippen molar-refractivity contribution in [3.8, 4) is 0 Å². The van der Waals surface area contributed by atoms with Gasteiger partial charge < -0.3 is 16.6 Å². The fourth-order valence-electron chi connectivity index (χ4n) is 5.65. The highest BCUT2D eigenvalue weighted by atomic mass is 32.1. The molecule has 0 saturated carbocycles. The normalized spacial score (nSPS) is 15.0. The van der Waals surface area contributed by atoms with Gasteiger partial charge in [0, 0.05) is 98.8 Å². The molecule has 4 aromatic rings. The second-order valence-corrected chi connectivity index (χ2v) is 13.6. The molecule has 4 aromatic carbocycles. The highest BCUT2D eigenvalue weighted by molar-refractivity contribution is 7.80. The van der Waals surface area contributed by atoms with Crippen molar-refractivity contribution in [3.05, 3.63) is 131 Å². The number of Topliss-reactive ketones (excluding diaryl/α,β-unsaturated/α-hetero) is 1. The number of hydrogen-bond donors (Lipinski definition) is 5. The third kappa shape index (κ3) is 16.9. The Morgan fingerprint density at radius 3 is 1.19 bits per heavy atom. The van der Waals surface area contributed by atoms with Gasteiger partial charge in [-0.25, -0.2) is 0 Å². The molecule has 276 valence electrons. The predicted molar refractivity (Wildman–Crippen MR) is 219 cm³/mol. The van der Waals surface area contributed by atoms with Gasteiger partial charge in [-0.15, -0.1) is 25.3 Å². The molecule has 0 aromatic heterocycles. The van der Waals surface area contributed by atoms with Crippen molar-refractivity contribution in [2.24, 2.45) is 5.73 Å². The Hall–Kier alpha value is -4.10. The summed E-state index contributed by atoms with van der Waals surface area (Å²) in [7, 11) is 0. The maximum absolute atomic E-state index is 11.0. The zero-order valence-electron chi connectivity index (χ0n) is 30.1. The van der Waals surface area contributed by atoms with E-state index in [1.54, 1.807) is 6.92 Å². The van der Waals surface area contributed by atoms with Gasteiger partial charge in [-0.2, -0.15) is 0 Å². The van der Waals surface area contributed by atoms with E-state index in [2.05, 4.69) is 93.4 Å². The molecule has 2 saturated heterocycles. The van der Waals surface area contributed by atoms with Crippen LogP contribution in [0.25, 0.3) is 0 Å². The fraction of sp³-hybridized carbons (Fsp3) is 0.317. The number of primary amides is 1. The van der Waals surface area contributed by atoms with E-state index in [4.69, 9.17) is 16.6 Å². The zero-order chi connectivity index (χ0) is 37.6. The number of nitrogens with zero attached hydrogens (tertiary/aromatic N) is 4. The van der Waals surface area contributed by atoms with E-state index >= 15 is 0 Å². The first-order chi connectivity index (χ1) is 25.2. The van der Waals surface area contributed by atoms with Crippen LogP contribution in [0.15, 0.2) is 119 Å². The summed E-state index contributed by atoms with van der Waals surface area (Å²) >= 11 is 8.25. The Morgan fingerprint density at radius 2 is 0.885 bits per heavy atom. The number of ketones is 1. The van der Waals surface area contributed by atoms with Crippen molar-refractivity contribution in [1.82, 2.24) is 19.6 Å². The van der Waals surface area contributed by atoms with Crippen LogP contribution >= 0.6 is 25.3 Å². The van der Waals surface area contributed by atoms with E-state index in [-0.39, 0.29) is 11.7 Å². The molecule has 2 aliphatic rings. The molecule has 9 nitrogen and oxygen atoms in total. The molecule has 4 N–H and O–H groups in total. The summed E-state index contributed by atoms with van der Waals surface area (Å²) in [4.78, 5) is 32.8. The summed E-state index contributed by atoms with van der Waals surface area (Å²) in [6, 6.07) is 36.0. The molecule has 2 heterocycles. The summed E-state index contributed by atoms with van der Waals surface area (Å²) in [6.45, 7) is 12.7. The lowest BCUT2D eigenvalue weighted by atomic mass is 10.2. The molecule has 0 bridgehead atoms. The first kappa shape index (κ1) is 42.3. The lowest BCUT2D eigenvalue weighted by Gasteiger charge is -2.34. The monoisotopic (exact) mass is 739 g/mol. The van der Waals surface area contributed by atoms with E-state index in [0.717, 1.165) is 86.4 Å². The van der Waals surface area contributed by atoms with Crippen molar-refractivity contribution < 1.29 is 9.59 Å². The van der Waals surface area contributed by atoms with Gasteiger partial charge >= 0.3 is 0 Å². The quantitative estimate of drug-likeness (QED) is 0.106. The molecular weight excluding hydrogens is 687 g/mol. The largest absolute Gasteiger partial charge is 0.369 e. The third-order valence-corrected chi connectivity index (χ3v) is 9.25. The van der Waals surface area contributed by atoms with Crippen LogP contribution in [-0.2, 0) is 22.7 Å². The lowest BCUT2D eigenvalue weighted by molar-refractivity contribution is -0.120. The van der Waals surface area contributed by atoms with Crippen LogP contribution in [0, 0.1) is 10.8 Å². The summed E-state index contributed by atoms with van der Waals surface area (Å²) in [5.74, 6) is 0.0306. The number of thiol groups is 2. The molecule has 1 amide bonds. The number of benzene rings is 4. The molecular formula is C41H53N7O2S2. The minimum atomic E-state index is -0.235. The topological polar surface area (TPSA) is 121 Å². The second-order valence-electron chi connectivity index (χ2n) is 12.7. The number of nitrogens with two attached hydrogens (primary N) is 1. The number of carbonyl (C=O) groups is 2. The highest BCUT2D eigenvalue weighted by Gasteiger charge is 2.18. The molecule has 52 heavy (non-hydrogen) atoms. The van der Waals surface area contributed by atoms with Crippen LogP contribution in [0.2, 0.25) is 0 Å². The van der Waals surface area contributed by atoms with Gasteiger partial charge in [-0.3, -0.25) is 29.2 Å². The van der Waals surface area contributed by atoms with Gasteiger partial charge in [0.25, 0.3) is 0 Å². The van der Waals surface area contributed by atoms with Gasteiger partial charge in [0.05, 0.1) is 13.1 Å². The molecule has 0 spiro atoms. The predicted octanol–water partition coefficient (Wildman–Crippen LogP) is 5.63. The van der Waals surface area contributed by atoms with Crippen molar-refractivity contribution in [1.29, 1.82) is 10.8 Å². The molecule has 2 aliphatic heterocycles. The SMILES string of the molecule is CC(=O)CN1CCN(Cc2ccccc2)CC1.N=Cc1ccccc1S.N=Cc1ccccc1S.NC(=O)CN1CCN(Cc2ccccc2)CC1. The van der Waals surface area contributed by atoms with Crippen LogP contribution in [-0.4, -0.2) is 109 Å². The van der Waals surface area contributed by atoms with Crippen LogP contribution in [0.5, 0.6) is 0 Å². The Bertz CT molecular complexity index is 1520. The third-order valence-electron chi connectivity index (χ3n) is 8.44. The molecule has 0 radical (unpaired) electrons. The highest BCUT2D eigenvalue weighted by Crippen LogP contribution is 2.11. The summed E-state index contributed by atoms with van der Waals surface area (Å²) in [5, 5.41) is 13.8. The first-order valence-electron chi connectivity index (χ1n) is 17.5. The van der Waals surface area contributed by atoms with Gasteiger partial charge in [0.15, 0.2) is 0 Å². The number of rotatable bonds is 10. The first-order valence-corrected chi connectivity index (χ1v) is 18.4. The van der Waals surface area contributed by atoms with Gasteiger partial charge in [-0.05, 0) is 30.2 Å². The molecule has 0 atom stereocenters. The smallest absolute Gasteiger partial charge is 0.231 e. The van der Waals surface area contributed by atoms with Crippen LogP contribution in [0.4, 0.5) is 0 Å². The van der Waals surface area contributed by atoms with Crippen molar-refractivity contribution in [3.63, 3.8) is 0 Å². The minimum Gasteiger partial charge on any atom is -0.369 e. The minimum absolute atomic E-state index is 0.235. The molecule has 6 rings (SSSR count). The molecule has 0 aliphatic carbocycles. The van der Waals surface area contributed by atoms with Gasteiger partial charge in [-0.1, -0.05) is 97.1 Å². The van der Waals surface area contributed by atoms with Crippen molar-refractivity contribution in [2.75, 3.05) is 65.4 Å². The average Bonchev–Trinajstić information content (AvgIpc) is 3.15. The van der Waals surface area contributed by atoms with Crippen LogP contribution in [0.1, 0.15) is 29.2 Å². The number of nitrogens with one attached hydrogen (secondary N) is 2. The maximum atomic E-state index is 11.0. The number of hydrogen-bond acceptors (Lipinski definition) is 10. The van der Waals surface area contributed by atoms with Crippen molar-refractivity contribution in [2.45, 2.75) is 29.8 Å². The standard InChI is InChI=1S/C14H20N2O.C13H19N3O.2C7H7NS/c1-13(17)11-15-7-9-16(10-8-15)12-14-5-3-2-4-6-14;14-13(17)11-16-8-6-15(7-9-16)10-12-4-2-1-3-5-12;2*8-5-6-3-1-2-4-7(6)9/h2-6H,7-12H2,1H3;1-5H,6-11H2,(H2,14,17);2*1-5,8-9H. The Kier molecular flexibility index (Phi) is 19.7. The number of amides is 1. The van der Waals surface area contributed by atoms with Crippen molar-refractivity contribution >= 4 is 49.4 Å². The summed E-state index contributed by atoms with van der Waals surface area (Å²) in [6.07, 6.45) is 2.59. The Labute approximate surface area is 320 Å².